The second kappa shape index (κ2) is 6.14. The van der Waals surface area contributed by atoms with Gasteiger partial charge in [-0.2, -0.15) is 5.10 Å². The first-order valence-corrected chi connectivity index (χ1v) is 6.41. The van der Waals surface area contributed by atoms with Crippen LogP contribution in [0.3, 0.4) is 0 Å². The number of hydrogen-bond acceptors (Lipinski definition) is 3. The van der Waals surface area contributed by atoms with Gasteiger partial charge in [-0.05, 0) is 18.1 Å². The van der Waals surface area contributed by atoms with Crippen molar-refractivity contribution in [3.63, 3.8) is 0 Å². The van der Waals surface area contributed by atoms with Crippen LogP contribution in [-0.2, 0) is 4.79 Å². The molecule has 2 aromatic rings. The van der Waals surface area contributed by atoms with Gasteiger partial charge in [0.2, 0.25) is 0 Å². The average molecular weight is 272 g/mol. The van der Waals surface area contributed by atoms with Crippen LogP contribution in [0.25, 0.3) is 5.69 Å². The van der Waals surface area contributed by atoms with Gasteiger partial charge in [0.1, 0.15) is 0 Å². The summed E-state index contributed by atoms with van der Waals surface area (Å²) in [4.78, 5) is 22.6. The fourth-order valence-electron chi connectivity index (χ4n) is 1.99. The topological polar surface area (TPSA) is 72.2 Å². The number of aromatic nitrogens is 2. The zero-order valence-electron chi connectivity index (χ0n) is 11.2. The van der Waals surface area contributed by atoms with Crippen LogP contribution < -0.4 is 0 Å². The van der Waals surface area contributed by atoms with E-state index in [2.05, 4.69) is 5.10 Å². The van der Waals surface area contributed by atoms with E-state index in [9.17, 15) is 9.59 Å². The second-order valence-electron chi connectivity index (χ2n) is 4.84. The molecule has 1 atom stereocenters. The molecule has 1 aromatic carbocycles. The Bertz CT molecular complexity index is 605. The third-order valence-corrected chi connectivity index (χ3v) is 2.98. The summed E-state index contributed by atoms with van der Waals surface area (Å²) < 4.78 is 1.63. The lowest BCUT2D eigenvalue weighted by atomic mass is 9.99. The smallest absolute Gasteiger partial charge is 0.303 e. The molecule has 0 aliphatic rings. The Morgan fingerprint density at radius 3 is 2.60 bits per heavy atom. The Hall–Kier alpha value is -2.43. The molecule has 1 unspecified atom stereocenters. The molecular formula is C15H16N2O3. The molecule has 0 amide bonds. The van der Waals surface area contributed by atoms with Gasteiger partial charge < -0.3 is 5.11 Å². The minimum Gasteiger partial charge on any atom is -0.481 e. The third kappa shape index (κ3) is 3.54. The highest BCUT2D eigenvalue weighted by atomic mass is 16.4. The van der Waals surface area contributed by atoms with Crippen LogP contribution in [0.5, 0.6) is 0 Å². The normalized spacial score (nSPS) is 12.1. The summed E-state index contributed by atoms with van der Waals surface area (Å²) in [5.41, 5.74) is 1.39. The Morgan fingerprint density at radius 1 is 1.25 bits per heavy atom. The molecule has 5 nitrogen and oxygen atoms in total. The lowest BCUT2D eigenvalue weighted by Gasteiger charge is -2.05. The minimum atomic E-state index is -0.884. The first-order chi connectivity index (χ1) is 9.56. The summed E-state index contributed by atoms with van der Waals surface area (Å²) >= 11 is 0. The van der Waals surface area contributed by atoms with Gasteiger partial charge in [-0.15, -0.1) is 0 Å². The second-order valence-corrected chi connectivity index (χ2v) is 4.84. The van der Waals surface area contributed by atoms with E-state index in [0.29, 0.717) is 5.56 Å². The van der Waals surface area contributed by atoms with E-state index in [1.54, 1.807) is 17.8 Å². The number of ketones is 1. The van der Waals surface area contributed by atoms with Crippen molar-refractivity contribution in [2.24, 2.45) is 5.92 Å². The molecule has 1 aromatic heterocycles. The number of benzene rings is 1. The van der Waals surface area contributed by atoms with E-state index < -0.39 is 5.97 Å². The van der Waals surface area contributed by atoms with Crippen LogP contribution in [-0.4, -0.2) is 26.6 Å². The maximum Gasteiger partial charge on any atom is 0.303 e. The summed E-state index contributed by atoms with van der Waals surface area (Å²) in [6.07, 6.45) is 3.40. The number of carbonyl (C=O) groups is 2. The number of carboxylic acid groups (broad SMARTS) is 1. The summed E-state index contributed by atoms with van der Waals surface area (Å²) in [7, 11) is 0. The van der Waals surface area contributed by atoms with E-state index in [1.807, 2.05) is 30.3 Å². The molecule has 0 aliphatic carbocycles. The van der Waals surface area contributed by atoms with Crippen molar-refractivity contribution in [3.8, 4) is 5.69 Å². The summed E-state index contributed by atoms with van der Waals surface area (Å²) in [6, 6.07) is 9.50. The maximum absolute atomic E-state index is 12.0. The molecule has 0 spiro atoms. The molecule has 1 N–H and O–H groups in total. The standard InChI is InChI=1S/C15H16N2O3/c1-11(8-15(19)20)7-14(18)12-9-16-17(10-12)13-5-3-2-4-6-13/h2-6,9-11H,7-8H2,1H3,(H,19,20). The number of para-hydroxylation sites is 1. The van der Waals surface area contributed by atoms with Crippen molar-refractivity contribution in [2.45, 2.75) is 19.8 Å². The van der Waals surface area contributed by atoms with E-state index in [0.717, 1.165) is 5.69 Å². The fraction of sp³-hybridized carbons (Fsp3) is 0.267. The summed E-state index contributed by atoms with van der Waals surface area (Å²) in [5.74, 6) is -1.15. The molecule has 1 heterocycles. The Labute approximate surface area is 116 Å². The van der Waals surface area contributed by atoms with Crippen LogP contribution in [0.2, 0.25) is 0 Å². The monoisotopic (exact) mass is 272 g/mol. The molecule has 0 saturated heterocycles. The molecule has 0 bridgehead atoms. The highest BCUT2D eigenvalue weighted by Crippen LogP contribution is 2.14. The van der Waals surface area contributed by atoms with Gasteiger partial charge in [0.05, 0.1) is 17.4 Å². The van der Waals surface area contributed by atoms with Gasteiger partial charge in [0.25, 0.3) is 0 Å². The molecule has 0 radical (unpaired) electrons. The van der Waals surface area contributed by atoms with Crippen molar-refractivity contribution in [2.75, 3.05) is 0 Å². The van der Waals surface area contributed by atoms with Crippen LogP contribution in [0.1, 0.15) is 30.1 Å². The van der Waals surface area contributed by atoms with Crippen molar-refractivity contribution >= 4 is 11.8 Å². The van der Waals surface area contributed by atoms with Crippen molar-refractivity contribution < 1.29 is 14.7 Å². The molecule has 0 saturated carbocycles. The number of carbonyl (C=O) groups excluding carboxylic acids is 1. The van der Waals surface area contributed by atoms with Crippen LogP contribution in [0.15, 0.2) is 42.7 Å². The highest BCUT2D eigenvalue weighted by Gasteiger charge is 2.15. The molecule has 20 heavy (non-hydrogen) atoms. The van der Waals surface area contributed by atoms with Crippen molar-refractivity contribution in [1.82, 2.24) is 9.78 Å². The van der Waals surface area contributed by atoms with Crippen molar-refractivity contribution in [1.29, 1.82) is 0 Å². The Kier molecular flexibility index (Phi) is 4.30. The zero-order chi connectivity index (χ0) is 14.5. The molecule has 2 rings (SSSR count). The summed E-state index contributed by atoms with van der Waals surface area (Å²) in [5, 5.41) is 12.8. The number of rotatable bonds is 6. The maximum atomic E-state index is 12.0. The number of nitrogens with zero attached hydrogens (tertiary/aromatic N) is 2. The molecule has 0 aliphatic heterocycles. The fourth-order valence-corrected chi connectivity index (χ4v) is 1.99. The molecule has 104 valence electrons. The lowest BCUT2D eigenvalue weighted by Crippen LogP contribution is -2.09. The first-order valence-electron chi connectivity index (χ1n) is 6.41. The van der Waals surface area contributed by atoms with Crippen LogP contribution >= 0.6 is 0 Å². The average Bonchev–Trinajstić information content (AvgIpc) is 2.88. The predicted molar refractivity (Wildman–Crippen MR) is 73.9 cm³/mol. The van der Waals surface area contributed by atoms with Gasteiger partial charge in [-0.25, -0.2) is 4.68 Å². The van der Waals surface area contributed by atoms with Gasteiger partial charge in [0, 0.05) is 19.0 Å². The first kappa shape index (κ1) is 14.0. The van der Waals surface area contributed by atoms with Crippen LogP contribution in [0, 0.1) is 5.92 Å². The van der Waals surface area contributed by atoms with E-state index >= 15 is 0 Å². The number of Topliss-reactive ketones (excluding diaryl/α,β-unsaturated/α-hetero) is 1. The van der Waals surface area contributed by atoms with Crippen LogP contribution in [0.4, 0.5) is 0 Å². The quantitative estimate of drug-likeness (QED) is 0.820. The van der Waals surface area contributed by atoms with Gasteiger partial charge >= 0.3 is 5.97 Å². The third-order valence-electron chi connectivity index (χ3n) is 2.98. The number of carboxylic acids is 1. The number of aliphatic carboxylic acids is 1. The highest BCUT2D eigenvalue weighted by molar-refractivity contribution is 5.96. The van der Waals surface area contributed by atoms with Gasteiger partial charge in [-0.3, -0.25) is 9.59 Å². The zero-order valence-corrected chi connectivity index (χ0v) is 11.2. The lowest BCUT2D eigenvalue weighted by molar-refractivity contribution is -0.137. The largest absolute Gasteiger partial charge is 0.481 e. The van der Waals surface area contributed by atoms with E-state index in [1.165, 1.54) is 6.20 Å². The molecule has 5 heteroatoms. The Morgan fingerprint density at radius 2 is 1.95 bits per heavy atom. The predicted octanol–water partition coefficient (Wildman–Crippen LogP) is 2.56. The number of hydrogen-bond donors (Lipinski definition) is 1. The van der Waals surface area contributed by atoms with Gasteiger partial charge in [-0.1, -0.05) is 25.1 Å². The van der Waals surface area contributed by atoms with Gasteiger partial charge in [0.15, 0.2) is 5.78 Å². The molecule has 0 fully saturated rings. The Balaban J connectivity index is 2.05. The van der Waals surface area contributed by atoms with E-state index in [4.69, 9.17) is 5.11 Å². The summed E-state index contributed by atoms with van der Waals surface area (Å²) in [6.45, 7) is 1.76. The SMILES string of the molecule is CC(CC(=O)O)CC(=O)c1cnn(-c2ccccc2)c1. The van der Waals surface area contributed by atoms with E-state index in [-0.39, 0.29) is 24.5 Å². The van der Waals surface area contributed by atoms with Crippen molar-refractivity contribution in [3.05, 3.63) is 48.3 Å². The minimum absolute atomic E-state index is 0.00143. The molecular weight excluding hydrogens is 256 g/mol.